The van der Waals surface area contributed by atoms with Gasteiger partial charge in [0.15, 0.2) is 0 Å². The van der Waals surface area contributed by atoms with Crippen molar-refractivity contribution in [2.75, 3.05) is 30.8 Å². The van der Waals surface area contributed by atoms with Gasteiger partial charge in [0, 0.05) is 26.2 Å². The summed E-state index contributed by atoms with van der Waals surface area (Å²) in [5.74, 6) is 0. The van der Waals surface area contributed by atoms with Crippen LogP contribution in [0.1, 0.15) is 5.56 Å². The maximum absolute atomic E-state index is 12.6. The molecule has 22 heavy (non-hydrogen) atoms. The number of alkyl halides is 1. The van der Waals surface area contributed by atoms with E-state index in [9.17, 15) is 16.8 Å². The van der Waals surface area contributed by atoms with Crippen LogP contribution in [0.2, 0.25) is 5.02 Å². The zero-order valence-electron chi connectivity index (χ0n) is 11.9. The Balaban J connectivity index is 2.20. The van der Waals surface area contributed by atoms with Crippen molar-refractivity contribution < 1.29 is 16.8 Å². The van der Waals surface area contributed by atoms with E-state index < -0.39 is 20.0 Å². The molecule has 2 rings (SSSR count). The number of nitrogens with zero attached hydrogens (tertiary/aromatic N) is 2. The molecule has 6 nitrogen and oxygen atoms in total. The summed E-state index contributed by atoms with van der Waals surface area (Å²) in [5.41, 5.74) is 0.872. The highest BCUT2D eigenvalue weighted by Gasteiger charge is 2.33. The topological polar surface area (TPSA) is 74.8 Å². The highest BCUT2D eigenvalue weighted by molar-refractivity contribution is 9.10. The van der Waals surface area contributed by atoms with Gasteiger partial charge in [-0.05, 0) is 24.6 Å². The van der Waals surface area contributed by atoms with E-state index in [0.717, 1.165) is 5.56 Å². The first-order chi connectivity index (χ1) is 10.2. The summed E-state index contributed by atoms with van der Waals surface area (Å²) in [4.78, 5) is 0.0524. The zero-order chi connectivity index (χ0) is 16.5. The highest BCUT2D eigenvalue weighted by atomic mass is 79.9. The molecule has 124 valence electrons. The molecule has 0 aliphatic carbocycles. The van der Waals surface area contributed by atoms with Crippen LogP contribution in [0.25, 0.3) is 0 Å². The van der Waals surface area contributed by atoms with Crippen molar-refractivity contribution in [1.82, 2.24) is 8.61 Å². The fourth-order valence-electron chi connectivity index (χ4n) is 2.21. The van der Waals surface area contributed by atoms with E-state index in [1.165, 1.54) is 14.7 Å². The van der Waals surface area contributed by atoms with Gasteiger partial charge in [-0.3, -0.25) is 0 Å². The standard InChI is InChI=1S/C12H16BrClN2O4S2/c1-10-2-3-12(11(14)8-10)22(19,20)16-6-4-15(5-7-16)21(17,18)9-13/h2-3,8H,4-7,9H2,1H3. The van der Waals surface area contributed by atoms with Gasteiger partial charge in [0.25, 0.3) is 0 Å². The molecule has 0 amide bonds. The Hall–Kier alpha value is -0.190. The van der Waals surface area contributed by atoms with Crippen molar-refractivity contribution in [2.45, 2.75) is 11.8 Å². The minimum atomic E-state index is -3.72. The summed E-state index contributed by atoms with van der Waals surface area (Å²) in [6.07, 6.45) is 0. The molecular weight excluding hydrogens is 416 g/mol. The molecule has 1 heterocycles. The van der Waals surface area contributed by atoms with Gasteiger partial charge >= 0.3 is 0 Å². The van der Waals surface area contributed by atoms with Crippen molar-refractivity contribution in [3.63, 3.8) is 0 Å². The second kappa shape index (κ2) is 6.74. The lowest BCUT2D eigenvalue weighted by Crippen LogP contribution is -2.50. The summed E-state index contributed by atoms with van der Waals surface area (Å²) in [7, 11) is -7.08. The lowest BCUT2D eigenvalue weighted by molar-refractivity contribution is 0.274. The average Bonchev–Trinajstić information content (AvgIpc) is 2.47. The quantitative estimate of drug-likeness (QED) is 0.679. The second-order valence-corrected chi connectivity index (χ2v) is 10.5. The Morgan fingerprint density at radius 2 is 1.64 bits per heavy atom. The van der Waals surface area contributed by atoms with Gasteiger partial charge in [-0.1, -0.05) is 33.6 Å². The largest absolute Gasteiger partial charge is 0.244 e. The molecule has 1 aromatic carbocycles. The van der Waals surface area contributed by atoms with Crippen LogP contribution in [0, 0.1) is 6.92 Å². The SMILES string of the molecule is Cc1ccc(S(=O)(=O)N2CCN(S(=O)(=O)CBr)CC2)c(Cl)c1. The number of aryl methyl sites for hydroxylation is 1. The number of hydrogen-bond donors (Lipinski definition) is 0. The first kappa shape index (κ1) is 18.2. The summed E-state index contributed by atoms with van der Waals surface area (Å²) in [6, 6.07) is 4.76. The normalized spacial score (nSPS) is 18.5. The van der Waals surface area contributed by atoms with Gasteiger partial charge < -0.3 is 0 Å². The maximum Gasteiger partial charge on any atom is 0.244 e. The zero-order valence-corrected chi connectivity index (χ0v) is 15.8. The van der Waals surface area contributed by atoms with Crippen molar-refractivity contribution in [3.05, 3.63) is 28.8 Å². The molecule has 0 radical (unpaired) electrons. The van der Waals surface area contributed by atoms with Gasteiger partial charge in [-0.2, -0.15) is 8.61 Å². The Bertz CT molecular complexity index is 759. The number of rotatable bonds is 4. The Labute approximate surface area is 144 Å². The Morgan fingerprint density at radius 1 is 1.09 bits per heavy atom. The van der Waals surface area contributed by atoms with Gasteiger partial charge in [-0.15, -0.1) is 0 Å². The smallest absolute Gasteiger partial charge is 0.211 e. The Morgan fingerprint density at radius 3 is 2.14 bits per heavy atom. The van der Waals surface area contributed by atoms with Crippen LogP contribution in [0.15, 0.2) is 23.1 Å². The molecule has 0 saturated carbocycles. The fraction of sp³-hybridized carbons (Fsp3) is 0.500. The van der Waals surface area contributed by atoms with Crippen molar-refractivity contribution >= 4 is 47.6 Å². The summed E-state index contributed by atoms with van der Waals surface area (Å²) < 4.78 is 51.1. The molecule has 0 N–H and O–H groups in total. The van der Waals surface area contributed by atoms with Crippen LogP contribution in [-0.4, -0.2) is 56.3 Å². The van der Waals surface area contributed by atoms with Crippen molar-refractivity contribution in [2.24, 2.45) is 0 Å². The van der Waals surface area contributed by atoms with E-state index in [2.05, 4.69) is 15.9 Å². The number of halogens is 2. The van der Waals surface area contributed by atoms with E-state index in [4.69, 9.17) is 11.6 Å². The molecule has 0 unspecified atom stereocenters. The van der Waals surface area contributed by atoms with E-state index in [1.807, 2.05) is 6.92 Å². The van der Waals surface area contributed by atoms with Gasteiger partial charge in [0.1, 0.15) is 9.56 Å². The van der Waals surface area contributed by atoms with Crippen LogP contribution in [-0.2, 0) is 20.0 Å². The predicted molar refractivity (Wildman–Crippen MR) is 89.2 cm³/mol. The molecule has 1 fully saturated rings. The maximum atomic E-state index is 12.6. The van der Waals surface area contributed by atoms with Gasteiger partial charge in [-0.25, -0.2) is 16.8 Å². The third-order valence-electron chi connectivity index (χ3n) is 3.43. The van der Waals surface area contributed by atoms with E-state index >= 15 is 0 Å². The first-order valence-electron chi connectivity index (χ1n) is 6.48. The molecule has 0 aromatic heterocycles. The third kappa shape index (κ3) is 3.65. The molecule has 1 aromatic rings. The third-order valence-corrected chi connectivity index (χ3v) is 8.98. The summed E-state index contributed by atoms with van der Waals surface area (Å²) in [6.45, 7) is 2.32. The van der Waals surface area contributed by atoms with Crippen LogP contribution in [0.3, 0.4) is 0 Å². The molecule has 0 spiro atoms. The van der Waals surface area contributed by atoms with Crippen molar-refractivity contribution in [3.8, 4) is 0 Å². The van der Waals surface area contributed by atoms with Crippen LogP contribution in [0.5, 0.6) is 0 Å². The molecule has 10 heteroatoms. The molecule has 0 bridgehead atoms. The van der Waals surface area contributed by atoms with Crippen LogP contribution < -0.4 is 0 Å². The van der Waals surface area contributed by atoms with E-state index in [0.29, 0.717) is 0 Å². The Kier molecular flexibility index (Phi) is 5.56. The van der Waals surface area contributed by atoms with E-state index in [-0.39, 0.29) is 40.8 Å². The second-order valence-electron chi connectivity index (χ2n) is 4.96. The predicted octanol–water partition coefficient (Wildman–Crippen LogP) is 1.64. The molecular formula is C12H16BrClN2O4S2. The number of hydrogen-bond acceptors (Lipinski definition) is 4. The molecule has 1 aliphatic heterocycles. The van der Waals surface area contributed by atoms with Crippen LogP contribution in [0.4, 0.5) is 0 Å². The summed E-state index contributed by atoms with van der Waals surface area (Å²) >= 11 is 8.97. The van der Waals surface area contributed by atoms with E-state index in [1.54, 1.807) is 12.1 Å². The molecule has 0 atom stereocenters. The van der Waals surface area contributed by atoms with Crippen LogP contribution >= 0.6 is 27.5 Å². The number of sulfonamides is 2. The monoisotopic (exact) mass is 430 g/mol. The average molecular weight is 432 g/mol. The minimum absolute atomic E-state index is 0.0524. The van der Waals surface area contributed by atoms with Crippen molar-refractivity contribution in [1.29, 1.82) is 0 Å². The lowest BCUT2D eigenvalue weighted by atomic mass is 10.2. The number of piperazine rings is 1. The minimum Gasteiger partial charge on any atom is -0.211 e. The lowest BCUT2D eigenvalue weighted by Gasteiger charge is -2.33. The summed E-state index contributed by atoms with van der Waals surface area (Å²) in [5, 5.41) is 0.176. The van der Waals surface area contributed by atoms with Gasteiger partial charge in [0.2, 0.25) is 20.0 Å². The highest BCUT2D eigenvalue weighted by Crippen LogP contribution is 2.26. The number of benzene rings is 1. The molecule has 1 saturated heterocycles. The first-order valence-corrected chi connectivity index (χ1v) is 11.0. The van der Waals surface area contributed by atoms with Gasteiger partial charge in [0.05, 0.1) is 5.02 Å². The fourth-order valence-corrected chi connectivity index (χ4v) is 5.93. The molecule has 1 aliphatic rings.